The van der Waals surface area contributed by atoms with Gasteiger partial charge in [0.2, 0.25) is 0 Å². The molecule has 1 aromatic heterocycles. The van der Waals surface area contributed by atoms with Gasteiger partial charge in [-0.05, 0) is 29.8 Å². The van der Waals surface area contributed by atoms with E-state index in [4.69, 9.17) is 18.6 Å². The molecule has 0 aliphatic heterocycles. The molecule has 7 nitrogen and oxygen atoms in total. The van der Waals surface area contributed by atoms with E-state index in [0.29, 0.717) is 17.1 Å². The van der Waals surface area contributed by atoms with E-state index in [2.05, 4.69) is 5.32 Å². The van der Waals surface area contributed by atoms with E-state index in [-0.39, 0.29) is 12.2 Å². The van der Waals surface area contributed by atoms with E-state index >= 15 is 0 Å². The number of amides is 1. The van der Waals surface area contributed by atoms with Crippen molar-refractivity contribution in [3.8, 4) is 11.5 Å². The summed E-state index contributed by atoms with van der Waals surface area (Å²) < 4.78 is 20.2. The van der Waals surface area contributed by atoms with Crippen LogP contribution in [0.2, 0.25) is 0 Å². The van der Waals surface area contributed by atoms with Crippen LogP contribution in [0.15, 0.2) is 41.0 Å². The number of carbonyl (C=O) groups is 2. The monoisotopic (exact) mass is 333 g/mol. The van der Waals surface area contributed by atoms with Crippen molar-refractivity contribution in [2.24, 2.45) is 0 Å². The molecule has 24 heavy (non-hydrogen) atoms. The van der Waals surface area contributed by atoms with Gasteiger partial charge in [0.25, 0.3) is 5.91 Å². The number of ether oxygens (including phenoxy) is 3. The van der Waals surface area contributed by atoms with Crippen LogP contribution in [0.1, 0.15) is 28.6 Å². The van der Waals surface area contributed by atoms with Crippen LogP contribution >= 0.6 is 0 Å². The molecular formula is C17H19NO6. The molecule has 1 atom stereocenters. The molecule has 1 N–H and O–H groups in total. The van der Waals surface area contributed by atoms with Crippen LogP contribution in [-0.2, 0) is 9.53 Å². The SMILES string of the molecule is COC(=O)C[C@@H](NC(=O)c1ccco1)c1ccc(OC)c(OC)c1. The molecule has 1 amide bonds. The van der Waals surface area contributed by atoms with Gasteiger partial charge in [0, 0.05) is 0 Å². The normalized spacial score (nSPS) is 11.5. The summed E-state index contributed by atoms with van der Waals surface area (Å²) in [6.45, 7) is 0. The predicted octanol–water partition coefficient (Wildman–Crippen LogP) is 2.33. The summed E-state index contributed by atoms with van der Waals surface area (Å²) in [5.74, 6) is 0.330. The number of nitrogens with one attached hydrogen (secondary N) is 1. The summed E-state index contributed by atoms with van der Waals surface area (Å²) in [4.78, 5) is 23.9. The zero-order valence-electron chi connectivity index (χ0n) is 13.7. The average Bonchev–Trinajstić information content (AvgIpc) is 3.15. The fraction of sp³-hybridized carbons (Fsp3) is 0.294. The summed E-state index contributed by atoms with van der Waals surface area (Å²) in [6.07, 6.45) is 1.37. The standard InChI is InChI=1S/C17H19NO6/c1-21-13-7-6-11(9-15(13)22-2)12(10-16(19)23-3)18-17(20)14-5-4-8-24-14/h4-9,12H,10H2,1-3H3,(H,18,20)/t12-/m1/s1. The topological polar surface area (TPSA) is 87.0 Å². The molecule has 0 radical (unpaired) electrons. The highest BCUT2D eigenvalue weighted by molar-refractivity contribution is 5.92. The van der Waals surface area contributed by atoms with E-state index in [0.717, 1.165) is 0 Å². The Hall–Kier alpha value is -2.96. The molecular weight excluding hydrogens is 314 g/mol. The number of furan rings is 1. The minimum atomic E-state index is -0.602. The molecule has 1 heterocycles. The van der Waals surface area contributed by atoms with Gasteiger partial charge in [0.15, 0.2) is 17.3 Å². The quantitative estimate of drug-likeness (QED) is 0.783. The number of benzene rings is 1. The predicted molar refractivity (Wildman–Crippen MR) is 85.1 cm³/mol. The van der Waals surface area contributed by atoms with Gasteiger partial charge in [-0.15, -0.1) is 0 Å². The van der Waals surface area contributed by atoms with E-state index in [9.17, 15) is 9.59 Å². The third-order valence-corrected chi connectivity index (χ3v) is 3.46. The van der Waals surface area contributed by atoms with Crippen molar-refractivity contribution in [2.75, 3.05) is 21.3 Å². The van der Waals surface area contributed by atoms with E-state index in [1.165, 1.54) is 27.6 Å². The first kappa shape index (κ1) is 17.4. The van der Waals surface area contributed by atoms with Crippen LogP contribution in [-0.4, -0.2) is 33.2 Å². The van der Waals surface area contributed by atoms with Crippen LogP contribution in [0.3, 0.4) is 0 Å². The first-order valence-corrected chi connectivity index (χ1v) is 7.22. The second-order valence-electron chi connectivity index (χ2n) is 4.90. The third-order valence-electron chi connectivity index (χ3n) is 3.46. The molecule has 0 spiro atoms. The first-order chi connectivity index (χ1) is 11.6. The van der Waals surface area contributed by atoms with Gasteiger partial charge in [0.1, 0.15) is 0 Å². The molecule has 0 aliphatic carbocycles. The Morgan fingerprint density at radius 1 is 1.12 bits per heavy atom. The van der Waals surface area contributed by atoms with Gasteiger partial charge < -0.3 is 23.9 Å². The Morgan fingerprint density at radius 2 is 1.88 bits per heavy atom. The molecule has 0 unspecified atom stereocenters. The summed E-state index contributed by atoms with van der Waals surface area (Å²) in [5.41, 5.74) is 0.679. The smallest absolute Gasteiger partial charge is 0.307 e. The maximum atomic E-state index is 12.2. The minimum Gasteiger partial charge on any atom is -0.493 e. The highest BCUT2D eigenvalue weighted by Crippen LogP contribution is 2.31. The minimum absolute atomic E-state index is 0.0293. The van der Waals surface area contributed by atoms with E-state index < -0.39 is 17.9 Å². The van der Waals surface area contributed by atoms with Gasteiger partial charge >= 0.3 is 5.97 Å². The Kier molecular flexibility index (Phi) is 5.83. The Balaban J connectivity index is 2.28. The fourth-order valence-corrected chi connectivity index (χ4v) is 2.21. The van der Waals surface area contributed by atoms with Gasteiger partial charge in [-0.2, -0.15) is 0 Å². The van der Waals surface area contributed by atoms with Crippen molar-refractivity contribution in [3.63, 3.8) is 0 Å². The van der Waals surface area contributed by atoms with Crippen LogP contribution < -0.4 is 14.8 Å². The molecule has 2 rings (SSSR count). The maximum absolute atomic E-state index is 12.2. The van der Waals surface area contributed by atoms with Gasteiger partial charge in [0.05, 0.1) is 40.1 Å². The third kappa shape index (κ3) is 4.07. The molecule has 0 bridgehead atoms. The highest BCUT2D eigenvalue weighted by atomic mass is 16.5. The van der Waals surface area contributed by atoms with Crippen molar-refractivity contribution in [3.05, 3.63) is 47.9 Å². The van der Waals surface area contributed by atoms with E-state index in [1.54, 1.807) is 30.3 Å². The van der Waals surface area contributed by atoms with Crippen molar-refractivity contribution < 1.29 is 28.2 Å². The summed E-state index contributed by atoms with van der Waals surface area (Å²) >= 11 is 0. The number of hydrogen-bond acceptors (Lipinski definition) is 6. The largest absolute Gasteiger partial charge is 0.493 e. The lowest BCUT2D eigenvalue weighted by Gasteiger charge is -2.19. The molecule has 0 aliphatic rings. The number of esters is 1. The number of hydrogen-bond donors (Lipinski definition) is 1. The lowest BCUT2D eigenvalue weighted by molar-refractivity contribution is -0.141. The second-order valence-corrected chi connectivity index (χ2v) is 4.90. The van der Waals surface area contributed by atoms with Crippen molar-refractivity contribution in [1.29, 1.82) is 0 Å². The molecule has 0 saturated carbocycles. The van der Waals surface area contributed by atoms with Crippen molar-refractivity contribution >= 4 is 11.9 Å². The van der Waals surface area contributed by atoms with Crippen LogP contribution in [0.5, 0.6) is 11.5 Å². The van der Waals surface area contributed by atoms with Gasteiger partial charge in [-0.25, -0.2) is 0 Å². The molecule has 128 valence electrons. The maximum Gasteiger partial charge on any atom is 0.307 e. The number of carbonyl (C=O) groups excluding carboxylic acids is 2. The molecule has 2 aromatic rings. The van der Waals surface area contributed by atoms with Crippen LogP contribution in [0, 0.1) is 0 Å². The molecule has 0 saturated heterocycles. The summed E-state index contributed by atoms with van der Waals surface area (Å²) in [5, 5.41) is 2.76. The Labute approximate surface area is 139 Å². The van der Waals surface area contributed by atoms with Crippen LogP contribution in [0.25, 0.3) is 0 Å². The first-order valence-electron chi connectivity index (χ1n) is 7.22. The number of rotatable bonds is 7. The average molecular weight is 333 g/mol. The second kappa shape index (κ2) is 8.05. The Bertz CT molecular complexity index is 695. The molecule has 7 heteroatoms. The summed E-state index contributed by atoms with van der Waals surface area (Å²) in [6, 6.07) is 7.71. The van der Waals surface area contributed by atoms with Crippen molar-refractivity contribution in [1.82, 2.24) is 5.32 Å². The zero-order chi connectivity index (χ0) is 17.5. The molecule has 1 aromatic carbocycles. The lowest BCUT2D eigenvalue weighted by atomic mass is 10.0. The number of methoxy groups -OCH3 is 3. The summed E-state index contributed by atoms with van der Waals surface area (Å²) in [7, 11) is 4.34. The molecule has 0 fully saturated rings. The van der Waals surface area contributed by atoms with Gasteiger partial charge in [-0.3, -0.25) is 9.59 Å². The Morgan fingerprint density at radius 3 is 2.46 bits per heavy atom. The highest BCUT2D eigenvalue weighted by Gasteiger charge is 2.22. The van der Waals surface area contributed by atoms with Crippen molar-refractivity contribution in [2.45, 2.75) is 12.5 Å². The fourth-order valence-electron chi connectivity index (χ4n) is 2.21. The zero-order valence-corrected chi connectivity index (χ0v) is 13.7. The lowest BCUT2D eigenvalue weighted by Crippen LogP contribution is -2.30. The van der Waals surface area contributed by atoms with E-state index in [1.807, 2.05) is 0 Å². The van der Waals surface area contributed by atoms with Gasteiger partial charge in [-0.1, -0.05) is 6.07 Å². The van der Waals surface area contributed by atoms with Crippen LogP contribution in [0.4, 0.5) is 0 Å².